The van der Waals surface area contributed by atoms with Gasteiger partial charge in [-0.3, -0.25) is 0 Å². The molecule has 0 bridgehead atoms. The van der Waals surface area contributed by atoms with Crippen molar-refractivity contribution in [3.8, 4) is 0 Å². The number of hydrogen-bond acceptors (Lipinski definition) is 0. The smallest absolute Gasteiger partial charge is 0.0264 e. The second-order valence-corrected chi connectivity index (χ2v) is 13.2. The van der Waals surface area contributed by atoms with E-state index < -0.39 is 0 Å². The molecule has 0 saturated heterocycles. The van der Waals surface area contributed by atoms with E-state index in [-0.39, 0.29) is 0 Å². The van der Waals surface area contributed by atoms with Crippen LogP contribution in [0.3, 0.4) is 0 Å². The molecule has 0 spiro atoms. The van der Waals surface area contributed by atoms with Crippen molar-refractivity contribution in [1.82, 2.24) is 0 Å². The highest BCUT2D eigenvalue weighted by Crippen LogP contribution is 2.68. The van der Waals surface area contributed by atoms with Crippen molar-refractivity contribution in [3.05, 3.63) is 0 Å². The molecule has 168 valence electrons. The second kappa shape index (κ2) is 8.50. The Labute approximate surface area is 183 Å². The lowest BCUT2D eigenvalue weighted by atomic mass is 9.44. The Kier molecular flexibility index (Phi) is 6.51. The van der Waals surface area contributed by atoms with Gasteiger partial charge in [0.2, 0.25) is 0 Å². The zero-order valence-corrected chi connectivity index (χ0v) is 20.8. The highest BCUT2D eigenvalue weighted by molar-refractivity contribution is 5.09. The van der Waals surface area contributed by atoms with Gasteiger partial charge in [-0.05, 0) is 122 Å². The monoisotopic (exact) mass is 400 g/mol. The van der Waals surface area contributed by atoms with Crippen LogP contribution < -0.4 is 0 Å². The molecule has 29 heavy (non-hydrogen) atoms. The third-order valence-corrected chi connectivity index (χ3v) is 11.4. The minimum Gasteiger partial charge on any atom is -0.0651 e. The standard InChI is InChI=1S/C29H52/c1-7-22(18-20(2)3)19-21(4)25-13-14-26-24-12-11-23-10-8-9-16-28(23,5)27(24)15-17-29(25,26)6/h20-27H,7-19H2,1-6H3. The quantitative estimate of drug-likeness (QED) is 0.417. The lowest BCUT2D eigenvalue weighted by Gasteiger charge is -2.61. The predicted octanol–water partition coefficient (Wildman–Crippen LogP) is 9.13. The Morgan fingerprint density at radius 2 is 1.52 bits per heavy atom. The molecule has 4 aliphatic rings. The molecule has 9 atom stereocenters. The van der Waals surface area contributed by atoms with E-state index in [0.29, 0.717) is 10.8 Å². The summed E-state index contributed by atoms with van der Waals surface area (Å²) in [6, 6.07) is 0. The van der Waals surface area contributed by atoms with Gasteiger partial charge >= 0.3 is 0 Å². The minimum atomic E-state index is 0.661. The van der Waals surface area contributed by atoms with Gasteiger partial charge in [0.25, 0.3) is 0 Å². The van der Waals surface area contributed by atoms with E-state index in [4.69, 9.17) is 0 Å². The molecular weight excluding hydrogens is 348 g/mol. The summed E-state index contributed by atoms with van der Waals surface area (Å²) in [4.78, 5) is 0. The van der Waals surface area contributed by atoms with Gasteiger partial charge in [-0.1, -0.05) is 60.8 Å². The van der Waals surface area contributed by atoms with E-state index in [2.05, 4.69) is 41.5 Å². The Balaban J connectivity index is 1.47. The maximum absolute atomic E-state index is 2.76. The van der Waals surface area contributed by atoms with Crippen molar-refractivity contribution >= 4 is 0 Å². The van der Waals surface area contributed by atoms with E-state index in [0.717, 1.165) is 47.3 Å². The van der Waals surface area contributed by atoms with Crippen LogP contribution in [0.4, 0.5) is 0 Å². The molecule has 0 aromatic heterocycles. The van der Waals surface area contributed by atoms with E-state index in [1.54, 1.807) is 51.4 Å². The van der Waals surface area contributed by atoms with Crippen molar-refractivity contribution in [2.45, 2.75) is 125 Å². The average Bonchev–Trinajstić information content (AvgIpc) is 3.04. The van der Waals surface area contributed by atoms with E-state index in [1.165, 1.54) is 32.1 Å². The molecule has 0 nitrogen and oxygen atoms in total. The van der Waals surface area contributed by atoms with Crippen LogP contribution in [0.2, 0.25) is 0 Å². The molecule has 9 unspecified atom stereocenters. The molecule has 0 aliphatic heterocycles. The van der Waals surface area contributed by atoms with Crippen LogP contribution >= 0.6 is 0 Å². The maximum atomic E-state index is 2.76. The molecular formula is C29H52. The van der Waals surface area contributed by atoms with Crippen molar-refractivity contribution in [2.75, 3.05) is 0 Å². The summed E-state index contributed by atoms with van der Waals surface area (Å²) in [7, 11) is 0. The second-order valence-electron chi connectivity index (χ2n) is 13.2. The van der Waals surface area contributed by atoms with Gasteiger partial charge in [-0.15, -0.1) is 0 Å². The van der Waals surface area contributed by atoms with Crippen molar-refractivity contribution in [1.29, 1.82) is 0 Å². The Morgan fingerprint density at radius 1 is 0.759 bits per heavy atom. The molecule has 0 amide bonds. The summed E-state index contributed by atoms with van der Waals surface area (Å²) in [5.41, 5.74) is 1.37. The molecule has 4 saturated carbocycles. The summed E-state index contributed by atoms with van der Waals surface area (Å²) >= 11 is 0. The number of rotatable bonds is 6. The first-order chi connectivity index (χ1) is 13.8. The van der Waals surface area contributed by atoms with E-state index in [9.17, 15) is 0 Å². The van der Waals surface area contributed by atoms with Crippen molar-refractivity contribution in [3.63, 3.8) is 0 Å². The first-order valence-electron chi connectivity index (χ1n) is 13.8. The minimum absolute atomic E-state index is 0.661. The van der Waals surface area contributed by atoms with Gasteiger partial charge in [0.15, 0.2) is 0 Å². The fraction of sp³-hybridized carbons (Fsp3) is 1.00. The van der Waals surface area contributed by atoms with E-state index in [1.807, 2.05) is 0 Å². The van der Waals surface area contributed by atoms with Crippen LogP contribution in [0.15, 0.2) is 0 Å². The van der Waals surface area contributed by atoms with Crippen molar-refractivity contribution in [2.24, 2.45) is 58.2 Å². The maximum Gasteiger partial charge on any atom is -0.0264 e. The predicted molar refractivity (Wildman–Crippen MR) is 127 cm³/mol. The largest absolute Gasteiger partial charge is 0.0651 e. The highest BCUT2D eigenvalue weighted by atomic mass is 14.6. The van der Waals surface area contributed by atoms with Gasteiger partial charge in [-0.2, -0.15) is 0 Å². The molecule has 0 heterocycles. The van der Waals surface area contributed by atoms with Gasteiger partial charge in [0.1, 0.15) is 0 Å². The van der Waals surface area contributed by atoms with Gasteiger partial charge in [-0.25, -0.2) is 0 Å². The van der Waals surface area contributed by atoms with Crippen LogP contribution in [-0.2, 0) is 0 Å². The molecule has 0 aromatic carbocycles. The van der Waals surface area contributed by atoms with Crippen LogP contribution in [0.25, 0.3) is 0 Å². The molecule has 0 aromatic rings. The average molecular weight is 401 g/mol. The molecule has 0 N–H and O–H groups in total. The SMILES string of the molecule is CCC(CC(C)C)CC(C)C1CCC2C3CCC4CCCCC4(C)C3CCC12C. The molecule has 0 radical (unpaired) electrons. The Morgan fingerprint density at radius 3 is 2.24 bits per heavy atom. The molecule has 4 fully saturated rings. The first kappa shape index (κ1) is 22.2. The summed E-state index contributed by atoms with van der Waals surface area (Å²) in [6.07, 6.45) is 19.8. The highest BCUT2D eigenvalue weighted by Gasteiger charge is 2.60. The third-order valence-electron chi connectivity index (χ3n) is 11.4. The molecule has 4 rings (SSSR count). The normalized spacial score (nSPS) is 46.7. The first-order valence-corrected chi connectivity index (χ1v) is 13.8. The zero-order valence-electron chi connectivity index (χ0n) is 20.8. The molecule has 4 aliphatic carbocycles. The topological polar surface area (TPSA) is 0 Å². The Bertz CT molecular complexity index is 548. The summed E-state index contributed by atoms with van der Waals surface area (Å²) in [5.74, 6) is 8.03. The number of hydrogen-bond donors (Lipinski definition) is 0. The molecule has 0 heteroatoms. The van der Waals surface area contributed by atoms with Gasteiger partial charge in [0.05, 0.1) is 0 Å². The van der Waals surface area contributed by atoms with Gasteiger partial charge < -0.3 is 0 Å². The lowest BCUT2D eigenvalue weighted by Crippen LogP contribution is -2.53. The third kappa shape index (κ3) is 3.86. The fourth-order valence-electron chi connectivity index (χ4n) is 10.1. The van der Waals surface area contributed by atoms with Crippen LogP contribution in [0.5, 0.6) is 0 Å². The zero-order chi connectivity index (χ0) is 20.8. The van der Waals surface area contributed by atoms with Crippen LogP contribution in [-0.4, -0.2) is 0 Å². The lowest BCUT2D eigenvalue weighted by molar-refractivity contribution is -0.114. The summed E-state index contributed by atoms with van der Waals surface area (Å²) in [6.45, 7) is 15.4. The van der Waals surface area contributed by atoms with Crippen LogP contribution in [0.1, 0.15) is 125 Å². The van der Waals surface area contributed by atoms with E-state index >= 15 is 0 Å². The number of fused-ring (bicyclic) bond motifs is 5. The Hall–Kier alpha value is 0. The van der Waals surface area contributed by atoms with Crippen molar-refractivity contribution < 1.29 is 0 Å². The fourth-order valence-corrected chi connectivity index (χ4v) is 10.1. The summed E-state index contributed by atoms with van der Waals surface area (Å²) < 4.78 is 0. The summed E-state index contributed by atoms with van der Waals surface area (Å²) in [5, 5.41) is 0. The van der Waals surface area contributed by atoms with Gasteiger partial charge in [0, 0.05) is 0 Å². The van der Waals surface area contributed by atoms with Crippen LogP contribution in [0, 0.1) is 58.2 Å².